The van der Waals surface area contributed by atoms with Crippen molar-refractivity contribution in [1.82, 2.24) is 19.9 Å². The number of benzene rings is 1. The molecule has 8 nitrogen and oxygen atoms in total. The minimum absolute atomic E-state index is 0.0491. The van der Waals surface area contributed by atoms with E-state index in [4.69, 9.17) is 9.26 Å². The predicted octanol–water partition coefficient (Wildman–Crippen LogP) is 1.83. The van der Waals surface area contributed by atoms with Crippen molar-refractivity contribution in [2.24, 2.45) is 0 Å². The number of carbonyl (C=O) groups is 2. The van der Waals surface area contributed by atoms with Crippen molar-refractivity contribution in [3.8, 4) is 0 Å². The van der Waals surface area contributed by atoms with E-state index in [1.54, 1.807) is 28.9 Å². The molecule has 1 fully saturated rings. The SMILES string of the molecule is CCOCC(=O)N1CCC(c2nc(C)no2)N(C(=O)c2ccccc2)CC1. The highest BCUT2D eigenvalue weighted by molar-refractivity contribution is 5.94. The number of amides is 2. The summed E-state index contributed by atoms with van der Waals surface area (Å²) in [6, 6.07) is 8.71. The molecule has 3 rings (SSSR count). The molecule has 8 heteroatoms. The molecule has 1 aliphatic rings. The molecule has 1 aromatic carbocycles. The quantitative estimate of drug-likeness (QED) is 0.796. The van der Waals surface area contributed by atoms with Gasteiger partial charge < -0.3 is 19.1 Å². The molecule has 0 saturated carbocycles. The van der Waals surface area contributed by atoms with Crippen LogP contribution in [0.25, 0.3) is 0 Å². The topological polar surface area (TPSA) is 88.8 Å². The molecule has 27 heavy (non-hydrogen) atoms. The largest absolute Gasteiger partial charge is 0.372 e. The standard InChI is InChI=1S/C19H24N4O4/c1-3-26-13-17(24)22-10-9-16(18-20-14(2)21-27-18)23(12-11-22)19(25)15-7-5-4-6-8-15/h4-8,16H,3,9-13H2,1-2H3. The lowest BCUT2D eigenvalue weighted by atomic mass is 10.1. The van der Waals surface area contributed by atoms with Crippen LogP contribution in [-0.2, 0) is 9.53 Å². The van der Waals surface area contributed by atoms with E-state index in [0.29, 0.717) is 49.9 Å². The van der Waals surface area contributed by atoms with Crippen LogP contribution in [0, 0.1) is 6.92 Å². The van der Waals surface area contributed by atoms with Gasteiger partial charge in [-0.2, -0.15) is 4.98 Å². The summed E-state index contributed by atoms with van der Waals surface area (Å²) < 4.78 is 10.6. The maximum Gasteiger partial charge on any atom is 0.254 e. The Balaban J connectivity index is 1.83. The second-order valence-corrected chi connectivity index (χ2v) is 6.37. The molecule has 144 valence electrons. The lowest BCUT2D eigenvalue weighted by Crippen LogP contribution is -2.39. The van der Waals surface area contributed by atoms with Crippen molar-refractivity contribution >= 4 is 11.8 Å². The van der Waals surface area contributed by atoms with E-state index in [1.165, 1.54) is 0 Å². The molecular weight excluding hydrogens is 348 g/mol. The minimum Gasteiger partial charge on any atom is -0.372 e. The van der Waals surface area contributed by atoms with Crippen molar-refractivity contribution < 1.29 is 18.8 Å². The molecule has 0 aliphatic carbocycles. The van der Waals surface area contributed by atoms with Gasteiger partial charge in [0.25, 0.3) is 5.91 Å². The summed E-state index contributed by atoms with van der Waals surface area (Å²) in [5.74, 6) is 0.725. The number of aromatic nitrogens is 2. The van der Waals surface area contributed by atoms with Gasteiger partial charge in [0, 0.05) is 31.8 Å². The maximum absolute atomic E-state index is 13.1. The summed E-state index contributed by atoms with van der Waals surface area (Å²) in [6.45, 7) is 5.45. The smallest absolute Gasteiger partial charge is 0.254 e. The van der Waals surface area contributed by atoms with Crippen LogP contribution in [0.2, 0.25) is 0 Å². The Morgan fingerprint density at radius 2 is 2.00 bits per heavy atom. The number of carbonyl (C=O) groups excluding carboxylic acids is 2. The van der Waals surface area contributed by atoms with E-state index in [1.807, 2.05) is 25.1 Å². The third-order valence-corrected chi connectivity index (χ3v) is 4.55. The van der Waals surface area contributed by atoms with Gasteiger partial charge in [0.2, 0.25) is 11.8 Å². The molecule has 0 radical (unpaired) electrons. The first kappa shape index (κ1) is 19.0. The molecule has 1 atom stereocenters. The van der Waals surface area contributed by atoms with E-state index in [-0.39, 0.29) is 24.5 Å². The highest BCUT2D eigenvalue weighted by Gasteiger charge is 2.34. The summed E-state index contributed by atoms with van der Waals surface area (Å²) in [6.07, 6.45) is 0.526. The van der Waals surface area contributed by atoms with Gasteiger partial charge in [-0.15, -0.1) is 0 Å². The van der Waals surface area contributed by atoms with Gasteiger partial charge in [0.1, 0.15) is 12.6 Å². The summed E-state index contributed by atoms with van der Waals surface area (Å²) >= 11 is 0. The molecule has 1 aromatic heterocycles. The van der Waals surface area contributed by atoms with Gasteiger partial charge in [0.05, 0.1) is 0 Å². The Morgan fingerprint density at radius 3 is 2.67 bits per heavy atom. The van der Waals surface area contributed by atoms with Gasteiger partial charge >= 0.3 is 0 Å². The normalized spacial score (nSPS) is 17.6. The number of aryl methyl sites for hydroxylation is 1. The predicted molar refractivity (Wildman–Crippen MR) is 96.9 cm³/mol. The molecule has 2 amide bonds. The molecule has 0 spiro atoms. The molecular formula is C19H24N4O4. The number of nitrogens with zero attached hydrogens (tertiary/aromatic N) is 4. The molecule has 0 bridgehead atoms. The van der Waals surface area contributed by atoms with Crippen LogP contribution in [0.1, 0.15) is 41.5 Å². The minimum atomic E-state index is -0.371. The Labute approximate surface area is 158 Å². The summed E-state index contributed by atoms with van der Waals surface area (Å²) in [5, 5.41) is 3.86. The van der Waals surface area contributed by atoms with E-state index in [0.717, 1.165) is 0 Å². The van der Waals surface area contributed by atoms with Gasteiger partial charge in [-0.25, -0.2) is 0 Å². The second-order valence-electron chi connectivity index (χ2n) is 6.37. The van der Waals surface area contributed by atoms with Crippen molar-refractivity contribution in [3.63, 3.8) is 0 Å². The van der Waals surface area contributed by atoms with E-state index >= 15 is 0 Å². The summed E-state index contributed by atoms with van der Waals surface area (Å²) in [7, 11) is 0. The third-order valence-electron chi connectivity index (χ3n) is 4.55. The fourth-order valence-electron chi connectivity index (χ4n) is 3.15. The molecule has 0 N–H and O–H groups in total. The van der Waals surface area contributed by atoms with E-state index in [9.17, 15) is 9.59 Å². The van der Waals surface area contributed by atoms with E-state index < -0.39 is 0 Å². The molecule has 1 unspecified atom stereocenters. The zero-order valence-electron chi connectivity index (χ0n) is 15.6. The van der Waals surface area contributed by atoms with E-state index in [2.05, 4.69) is 10.1 Å². The lowest BCUT2D eigenvalue weighted by Gasteiger charge is -2.27. The molecule has 2 heterocycles. The van der Waals surface area contributed by atoms with Gasteiger partial charge in [-0.3, -0.25) is 9.59 Å². The van der Waals surface area contributed by atoms with Crippen LogP contribution in [-0.4, -0.2) is 64.6 Å². The van der Waals surface area contributed by atoms with Crippen LogP contribution < -0.4 is 0 Å². The van der Waals surface area contributed by atoms with Crippen LogP contribution in [0.15, 0.2) is 34.9 Å². The highest BCUT2D eigenvalue weighted by atomic mass is 16.5. The Bertz CT molecular complexity index is 777. The van der Waals surface area contributed by atoms with Crippen LogP contribution in [0.4, 0.5) is 0 Å². The summed E-state index contributed by atoms with van der Waals surface area (Å²) in [5.41, 5.74) is 0.591. The van der Waals surface area contributed by atoms with Crippen molar-refractivity contribution in [3.05, 3.63) is 47.6 Å². The molecule has 1 aliphatic heterocycles. The van der Waals surface area contributed by atoms with Crippen molar-refractivity contribution in [2.45, 2.75) is 26.3 Å². The van der Waals surface area contributed by atoms with Crippen molar-refractivity contribution in [1.29, 1.82) is 0 Å². The zero-order valence-corrected chi connectivity index (χ0v) is 15.6. The lowest BCUT2D eigenvalue weighted by molar-refractivity contribution is -0.135. The fourth-order valence-corrected chi connectivity index (χ4v) is 3.15. The average molecular weight is 372 g/mol. The maximum atomic E-state index is 13.1. The number of hydrogen-bond acceptors (Lipinski definition) is 6. The number of ether oxygens (including phenoxy) is 1. The first-order valence-electron chi connectivity index (χ1n) is 9.12. The van der Waals surface area contributed by atoms with Crippen molar-refractivity contribution in [2.75, 3.05) is 32.8 Å². The van der Waals surface area contributed by atoms with Crippen LogP contribution >= 0.6 is 0 Å². The average Bonchev–Trinajstić information content (AvgIpc) is 3.00. The van der Waals surface area contributed by atoms with Gasteiger partial charge in [-0.05, 0) is 32.4 Å². The monoisotopic (exact) mass is 372 g/mol. The third kappa shape index (κ3) is 4.51. The number of hydrogen-bond donors (Lipinski definition) is 0. The Kier molecular flexibility index (Phi) is 6.18. The highest BCUT2D eigenvalue weighted by Crippen LogP contribution is 2.27. The molecule has 1 saturated heterocycles. The second kappa shape index (κ2) is 8.77. The van der Waals surface area contributed by atoms with Crippen LogP contribution in [0.5, 0.6) is 0 Å². The first-order chi connectivity index (χ1) is 13.1. The Hall–Kier alpha value is -2.74. The van der Waals surface area contributed by atoms with Gasteiger partial charge in [0.15, 0.2) is 5.82 Å². The fraction of sp³-hybridized carbons (Fsp3) is 0.474. The zero-order chi connectivity index (χ0) is 19.2. The van der Waals surface area contributed by atoms with Crippen LogP contribution in [0.3, 0.4) is 0 Å². The first-order valence-corrected chi connectivity index (χ1v) is 9.12. The summed E-state index contributed by atoms with van der Waals surface area (Å²) in [4.78, 5) is 33.2. The number of rotatable bonds is 5. The molecule has 2 aromatic rings. The Morgan fingerprint density at radius 1 is 1.22 bits per heavy atom. The van der Waals surface area contributed by atoms with Gasteiger partial charge in [-0.1, -0.05) is 23.4 Å².